The SMILES string of the molecule is CCOC(=O)CCN(CCN1CCOCC1)C(=O)Nc1cccc(Cl)c1. The third-order valence-electron chi connectivity index (χ3n) is 4.04. The fourth-order valence-electron chi connectivity index (χ4n) is 2.63. The molecule has 0 unspecified atom stereocenters. The van der Waals surface area contributed by atoms with Gasteiger partial charge in [0.15, 0.2) is 0 Å². The van der Waals surface area contributed by atoms with E-state index in [0.29, 0.717) is 43.6 Å². The third kappa shape index (κ3) is 7.19. The first-order valence-electron chi connectivity index (χ1n) is 8.85. The maximum atomic E-state index is 12.6. The third-order valence-corrected chi connectivity index (χ3v) is 4.28. The molecule has 1 aromatic rings. The van der Waals surface area contributed by atoms with Crippen LogP contribution in [0.2, 0.25) is 5.02 Å². The Bertz CT molecular complexity index is 594. The van der Waals surface area contributed by atoms with Crippen LogP contribution in [0.4, 0.5) is 10.5 Å². The molecule has 26 heavy (non-hydrogen) atoms. The van der Waals surface area contributed by atoms with E-state index in [9.17, 15) is 9.59 Å². The lowest BCUT2D eigenvalue weighted by molar-refractivity contribution is -0.143. The van der Waals surface area contributed by atoms with Gasteiger partial charge in [0.25, 0.3) is 0 Å². The quantitative estimate of drug-likeness (QED) is 0.698. The van der Waals surface area contributed by atoms with E-state index >= 15 is 0 Å². The Morgan fingerprint density at radius 2 is 2.08 bits per heavy atom. The summed E-state index contributed by atoms with van der Waals surface area (Å²) >= 11 is 5.96. The molecule has 0 bridgehead atoms. The molecule has 1 saturated heterocycles. The van der Waals surface area contributed by atoms with Crippen molar-refractivity contribution in [2.75, 3.05) is 57.9 Å². The number of nitrogens with one attached hydrogen (secondary N) is 1. The number of carbonyl (C=O) groups is 2. The fourth-order valence-corrected chi connectivity index (χ4v) is 2.82. The first-order valence-corrected chi connectivity index (χ1v) is 9.23. The number of urea groups is 1. The Balaban J connectivity index is 1.93. The normalized spacial score (nSPS) is 14.7. The van der Waals surface area contributed by atoms with Crippen molar-refractivity contribution in [3.05, 3.63) is 29.3 Å². The predicted octanol–water partition coefficient (Wildman–Crippen LogP) is 2.46. The first kappa shape index (κ1) is 20.5. The molecule has 0 aliphatic carbocycles. The molecule has 0 saturated carbocycles. The summed E-state index contributed by atoms with van der Waals surface area (Å²) in [5.41, 5.74) is 0.620. The van der Waals surface area contributed by atoms with Crippen molar-refractivity contribution < 1.29 is 19.1 Å². The number of morpholine rings is 1. The molecule has 7 nitrogen and oxygen atoms in total. The maximum Gasteiger partial charge on any atom is 0.321 e. The van der Waals surface area contributed by atoms with Crippen LogP contribution < -0.4 is 5.32 Å². The number of amides is 2. The first-order chi connectivity index (χ1) is 12.6. The van der Waals surface area contributed by atoms with Crippen LogP contribution in [0.3, 0.4) is 0 Å². The summed E-state index contributed by atoms with van der Waals surface area (Å²) in [7, 11) is 0. The number of anilines is 1. The molecular formula is C18H26ClN3O4. The van der Waals surface area contributed by atoms with E-state index in [0.717, 1.165) is 19.6 Å². The smallest absolute Gasteiger partial charge is 0.321 e. The van der Waals surface area contributed by atoms with E-state index < -0.39 is 0 Å². The van der Waals surface area contributed by atoms with Gasteiger partial charge in [-0.2, -0.15) is 0 Å². The van der Waals surface area contributed by atoms with Crippen LogP contribution in [-0.2, 0) is 14.3 Å². The zero-order chi connectivity index (χ0) is 18.8. The summed E-state index contributed by atoms with van der Waals surface area (Å²) in [6.07, 6.45) is 0.167. The van der Waals surface area contributed by atoms with E-state index in [2.05, 4.69) is 10.2 Å². The molecule has 144 valence electrons. The van der Waals surface area contributed by atoms with Crippen LogP contribution in [-0.4, -0.2) is 74.3 Å². The number of hydrogen-bond donors (Lipinski definition) is 1. The summed E-state index contributed by atoms with van der Waals surface area (Å²) in [5.74, 6) is -0.306. The molecule has 2 amide bonds. The minimum absolute atomic E-state index is 0.167. The topological polar surface area (TPSA) is 71.1 Å². The lowest BCUT2D eigenvalue weighted by atomic mass is 10.3. The average Bonchev–Trinajstić information content (AvgIpc) is 2.62. The number of nitrogens with zero attached hydrogens (tertiary/aromatic N) is 2. The highest BCUT2D eigenvalue weighted by molar-refractivity contribution is 6.30. The summed E-state index contributed by atoms with van der Waals surface area (Å²) in [6.45, 7) is 6.76. The highest BCUT2D eigenvalue weighted by Gasteiger charge is 2.18. The van der Waals surface area contributed by atoms with Gasteiger partial charge in [0.2, 0.25) is 0 Å². The summed E-state index contributed by atoms with van der Waals surface area (Å²) in [6, 6.07) is 6.72. The zero-order valence-electron chi connectivity index (χ0n) is 15.1. The van der Waals surface area contributed by atoms with Crippen molar-refractivity contribution in [3.63, 3.8) is 0 Å². The lowest BCUT2D eigenvalue weighted by Crippen LogP contribution is -2.45. The van der Waals surface area contributed by atoms with E-state index in [1.807, 2.05) is 0 Å². The number of hydrogen-bond acceptors (Lipinski definition) is 5. The van der Waals surface area contributed by atoms with Crippen molar-refractivity contribution in [2.45, 2.75) is 13.3 Å². The van der Waals surface area contributed by atoms with Crippen LogP contribution >= 0.6 is 11.6 Å². The van der Waals surface area contributed by atoms with Gasteiger partial charge in [0.05, 0.1) is 26.2 Å². The molecule has 0 atom stereocenters. The van der Waals surface area contributed by atoms with E-state index in [-0.39, 0.29) is 18.4 Å². The molecule has 1 aromatic carbocycles. The van der Waals surface area contributed by atoms with E-state index in [1.54, 1.807) is 36.1 Å². The summed E-state index contributed by atoms with van der Waals surface area (Å²) < 4.78 is 10.3. The van der Waals surface area contributed by atoms with Crippen LogP contribution in [0.15, 0.2) is 24.3 Å². The van der Waals surface area contributed by atoms with E-state index in [4.69, 9.17) is 21.1 Å². The van der Waals surface area contributed by atoms with Crippen molar-refractivity contribution in [2.24, 2.45) is 0 Å². The minimum atomic E-state index is -0.306. The second-order valence-electron chi connectivity index (χ2n) is 5.94. The molecule has 1 aliphatic rings. The molecule has 1 N–H and O–H groups in total. The fraction of sp³-hybridized carbons (Fsp3) is 0.556. The summed E-state index contributed by atoms with van der Waals surface area (Å²) in [4.78, 5) is 28.2. The number of carbonyl (C=O) groups excluding carboxylic acids is 2. The number of ether oxygens (including phenoxy) is 2. The molecule has 1 aliphatic heterocycles. The standard InChI is InChI=1S/C18H26ClN3O4/c1-2-26-17(23)6-7-22(9-8-21-10-12-25-13-11-21)18(24)20-16-5-3-4-15(19)14-16/h3-5,14H,2,6-13H2,1H3,(H,20,24). The van der Waals surface area contributed by atoms with Gasteiger partial charge in [-0.3, -0.25) is 9.69 Å². The molecule has 1 heterocycles. The molecular weight excluding hydrogens is 358 g/mol. The molecule has 8 heteroatoms. The number of rotatable bonds is 8. The highest BCUT2D eigenvalue weighted by Crippen LogP contribution is 2.15. The van der Waals surface area contributed by atoms with Crippen molar-refractivity contribution >= 4 is 29.3 Å². The lowest BCUT2D eigenvalue weighted by Gasteiger charge is -2.30. The zero-order valence-corrected chi connectivity index (χ0v) is 15.8. The summed E-state index contributed by atoms with van der Waals surface area (Å²) in [5, 5.41) is 3.38. The van der Waals surface area contributed by atoms with Gasteiger partial charge in [-0.05, 0) is 25.1 Å². The van der Waals surface area contributed by atoms with Gasteiger partial charge in [0, 0.05) is 43.4 Å². The van der Waals surface area contributed by atoms with E-state index in [1.165, 1.54) is 0 Å². The molecule has 0 aromatic heterocycles. The van der Waals surface area contributed by atoms with Crippen LogP contribution in [0.1, 0.15) is 13.3 Å². The maximum absolute atomic E-state index is 12.6. The van der Waals surface area contributed by atoms with Gasteiger partial charge in [0.1, 0.15) is 0 Å². The average molecular weight is 384 g/mol. The molecule has 0 radical (unpaired) electrons. The highest BCUT2D eigenvalue weighted by atomic mass is 35.5. The molecule has 0 spiro atoms. The second kappa shape index (κ2) is 11.0. The van der Waals surface area contributed by atoms with Gasteiger partial charge in [-0.25, -0.2) is 4.79 Å². The van der Waals surface area contributed by atoms with Gasteiger partial charge in [-0.15, -0.1) is 0 Å². The predicted molar refractivity (Wildman–Crippen MR) is 101 cm³/mol. The van der Waals surface area contributed by atoms with Crippen molar-refractivity contribution in [1.29, 1.82) is 0 Å². The minimum Gasteiger partial charge on any atom is -0.466 e. The number of esters is 1. The van der Waals surface area contributed by atoms with Crippen LogP contribution in [0, 0.1) is 0 Å². The number of halogens is 1. The van der Waals surface area contributed by atoms with Crippen molar-refractivity contribution in [3.8, 4) is 0 Å². The Morgan fingerprint density at radius 3 is 2.77 bits per heavy atom. The Morgan fingerprint density at radius 1 is 1.31 bits per heavy atom. The monoisotopic (exact) mass is 383 g/mol. The Hall–Kier alpha value is -1.83. The van der Waals surface area contributed by atoms with Gasteiger partial charge in [-0.1, -0.05) is 17.7 Å². The van der Waals surface area contributed by atoms with Crippen LogP contribution in [0.5, 0.6) is 0 Å². The van der Waals surface area contributed by atoms with Crippen LogP contribution in [0.25, 0.3) is 0 Å². The largest absolute Gasteiger partial charge is 0.466 e. The van der Waals surface area contributed by atoms with Gasteiger partial charge < -0.3 is 19.7 Å². The molecule has 2 rings (SSSR count). The second-order valence-corrected chi connectivity index (χ2v) is 6.37. The Labute approximate surface area is 159 Å². The Kier molecular flexibility index (Phi) is 8.67. The van der Waals surface area contributed by atoms with Gasteiger partial charge >= 0.3 is 12.0 Å². The molecule has 1 fully saturated rings. The van der Waals surface area contributed by atoms with Crippen molar-refractivity contribution in [1.82, 2.24) is 9.80 Å². The number of benzene rings is 1.